The van der Waals surface area contributed by atoms with Gasteiger partial charge in [0, 0.05) is 43.1 Å². The lowest BCUT2D eigenvalue weighted by Crippen LogP contribution is -2.40. The van der Waals surface area contributed by atoms with Crippen LogP contribution in [-0.2, 0) is 12.1 Å². The third-order valence-electron chi connectivity index (χ3n) is 5.60. The van der Waals surface area contributed by atoms with E-state index in [0.29, 0.717) is 12.5 Å². The number of rotatable bonds is 6. The van der Waals surface area contributed by atoms with Crippen LogP contribution in [-0.4, -0.2) is 51.2 Å². The van der Waals surface area contributed by atoms with Gasteiger partial charge < -0.3 is 25.6 Å². The van der Waals surface area contributed by atoms with E-state index in [9.17, 15) is 5.11 Å². The third-order valence-corrected chi connectivity index (χ3v) is 5.60. The molecule has 0 unspecified atom stereocenters. The predicted octanol–water partition coefficient (Wildman–Crippen LogP) is 2.44. The van der Waals surface area contributed by atoms with Gasteiger partial charge in [-0.05, 0) is 56.6 Å². The number of hydrogen-bond acceptors (Lipinski definition) is 6. The summed E-state index contributed by atoms with van der Waals surface area (Å²) in [5, 5.41) is 15.2. The number of hydrogen-bond donors (Lipinski definition) is 3. The molecule has 28 heavy (non-hydrogen) atoms. The number of aromatic nitrogens is 3. The lowest BCUT2D eigenvalue weighted by atomic mass is 9.84. The van der Waals surface area contributed by atoms with Crippen molar-refractivity contribution >= 4 is 22.7 Å². The van der Waals surface area contributed by atoms with E-state index in [4.69, 9.17) is 5.73 Å². The molecule has 4 rings (SSSR count). The lowest BCUT2D eigenvalue weighted by Gasteiger charge is -2.37. The average Bonchev–Trinajstić information content (AvgIpc) is 3.11. The molecule has 1 fully saturated rings. The number of anilines is 2. The van der Waals surface area contributed by atoms with Gasteiger partial charge in [-0.2, -0.15) is 4.98 Å². The third kappa shape index (κ3) is 3.87. The van der Waals surface area contributed by atoms with Gasteiger partial charge in [0.25, 0.3) is 0 Å². The van der Waals surface area contributed by atoms with Crippen molar-refractivity contribution in [3.63, 3.8) is 0 Å². The highest BCUT2D eigenvalue weighted by molar-refractivity contribution is 5.76. The van der Waals surface area contributed by atoms with Crippen molar-refractivity contribution in [3.8, 4) is 0 Å². The predicted molar refractivity (Wildman–Crippen MR) is 112 cm³/mol. The van der Waals surface area contributed by atoms with E-state index < -0.39 is 5.60 Å². The molecule has 4 N–H and O–H groups in total. The SMILES string of the molecule is CN1CCC(O)(c2ccc(Nc3ncc4ccn(CCCN)c4n3)cc2)CC1. The minimum Gasteiger partial charge on any atom is -0.385 e. The van der Waals surface area contributed by atoms with Crippen molar-refractivity contribution in [3.05, 3.63) is 48.3 Å². The second kappa shape index (κ2) is 7.87. The van der Waals surface area contributed by atoms with E-state index >= 15 is 0 Å². The van der Waals surface area contributed by atoms with Crippen LogP contribution in [0, 0.1) is 0 Å². The minimum atomic E-state index is -0.732. The van der Waals surface area contributed by atoms with Crippen LogP contribution in [0.3, 0.4) is 0 Å². The summed E-state index contributed by atoms with van der Waals surface area (Å²) in [5.74, 6) is 0.561. The van der Waals surface area contributed by atoms with Crippen LogP contribution in [0.25, 0.3) is 11.0 Å². The number of aliphatic hydroxyl groups is 1. The number of nitrogens with one attached hydrogen (secondary N) is 1. The molecule has 1 aliphatic heterocycles. The minimum absolute atomic E-state index is 0.561. The fraction of sp³-hybridized carbons (Fsp3) is 0.429. The van der Waals surface area contributed by atoms with E-state index in [0.717, 1.165) is 61.2 Å². The van der Waals surface area contributed by atoms with Gasteiger partial charge in [-0.15, -0.1) is 0 Å². The highest BCUT2D eigenvalue weighted by Crippen LogP contribution is 2.33. The molecule has 0 amide bonds. The molecule has 3 aromatic rings. The molecule has 2 aromatic heterocycles. The number of aryl methyl sites for hydroxylation is 1. The summed E-state index contributed by atoms with van der Waals surface area (Å²) in [6.45, 7) is 3.33. The first-order valence-electron chi connectivity index (χ1n) is 9.88. The Labute approximate surface area is 165 Å². The quantitative estimate of drug-likeness (QED) is 0.608. The monoisotopic (exact) mass is 380 g/mol. The van der Waals surface area contributed by atoms with Gasteiger partial charge in [-0.3, -0.25) is 0 Å². The van der Waals surface area contributed by atoms with E-state index in [2.05, 4.69) is 31.8 Å². The van der Waals surface area contributed by atoms with Crippen molar-refractivity contribution in [2.75, 3.05) is 32.0 Å². The van der Waals surface area contributed by atoms with Gasteiger partial charge in [0.05, 0.1) is 5.60 Å². The van der Waals surface area contributed by atoms with Gasteiger partial charge in [0.15, 0.2) is 0 Å². The smallest absolute Gasteiger partial charge is 0.229 e. The Balaban J connectivity index is 1.50. The van der Waals surface area contributed by atoms with E-state index in [-0.39, 0.29) is 0 Å². The Morgan fingerprint density at radius 1 is 1.18 bits per heavy atom. The van der Waals surface area contributed by atoms with Crippen LogP contribution >= 0.6 is 0 Å². The Morgan fingerprint density at radius 2 is 1.93 bits per heavy atom. The van der Waals surface area contributed by atoms with E-state index in [1.165, 1.54) is 0 Å². The first kappa shape index (κ1) is 18.9. The topological polar surface area (TPSA) is 92.2 Å². The highest BCUT2D eigenvalue weighted by atomic mass is 16.3. The summed E-state index contributed by atoms with van der Waals surface area (Å²) >= 11 is 0. The van der Waals surface area contributed by atoms with Crippen molar-refractivity contribution in [1.29, 1.82) is 0 Å². The van der Waals surface area contributed by atoms with Crippen LogP contribution in [0.1, 0.15) is 24.8 Å². The second-order valence-electron chi connectivity index (χ2n) is 7.66. The van der Waals surface area contributed by atoms with E-state index in [1.807, 2.05) is 42.7 Å². The Bertz CT molecular complexity index is 928. The molecule has 7 heteroatoms. The number of piperidine rings is 1. The molecular weight excluding hydrogens is 352 g/mol. The van der Waals surface area contributed by atoms with Crippen molar-refractivity contribution in [2.24, 2.45) is 5.73 Å². The molecule has 0 bridgehead atoms. The molecule has 1 aliphatic rings. The first-order valence-corrected chi connectivity index (χ1v) is 9.88. The maximum absolute atomic E-state index is 11.0. The van der Waals surface area contributed by atoms with E-state index in [1.54, 1.807) is 0 Å². The summed E-state index contributed by atoms with van der Waals surface area (Å²) in [4.78, 5) is 11.3. The van der Waals surface area contributed by atoms with Gasteiger partial charge in [0.1, 0.15) is 5.65 Å². The fourth-order valence-electron chi connectivity index (χ4n) is 3.74. The second-order valence-corrected chi connectivity index (χ2v) is 7.66. The number of fused-ring (bicyclic) bond motifs is 1. The zero-order valence-corrected chi connectivity index (χ0v) is 16.3. The molecule has 148 valence electrons. The van der Waals surface area contributed by atoms with Gasteiger partial charge in [0.2, 0.25) is 5.95 Å². The molecule has 7 nitrogen and oxygen atoms in total. The molecule has 0 spiro atoms. The molecule has 1 saturated heterocycles. The zero-order chi connectivity index (χ0) is 19.6. The maximum Gasteiger partial charge on any atom is 0.229 e. The normalized spacial score (nSPS) is 17.1. The first-order chi connectivity index (χ1) is 13.6. The summed E-state index contributed by atoms with van der Waals surface area (Å²) < 4.78 is 2.10. The van der Waals surface area contributed by atoms with Crippen molar-refractivity contribution < 1.29 is 5.11 Å². The van der Waals surface area contributed by atoms with Crippen LogP contribution in [0.5, 0.6) is 0 Å². The van der Waals surface area contributed by atoms with Crippen LogP contribution < -0.4 is 11.1 Å². The van der Waals surface area contributed by atoms with Crippen LogP contribution in [0.4, 0.5) is 11.6 Å². The molecule has 1 aromatic carbocycles. The summed E-state index contributed by atoms with van der Waals surface area (Å²) in [6, 6.07) is 9.97. The standard InChI is InChI=1S/C21H28N6O/c1-26-13-8-21(28,9-14-26)17-3-5-18(6-4-17)24-20-23-15-16-7-12-27(11-2-10-22)19(16)25-20/h3-7,12,15,28H,2,8-11,13-14,22H2,1H3,(H,23,24,25). The summed E-state index contributed by atoms with van der Waals surface area (Å²) in [5.41, 5.74) is 7.67. The maximum atomic E-state index is 11.0. The molecule has 0 saturated carbocycles. The zero-order valence-electron chi connectivity index (χ0n) is 16.3. The van der Waals surface area contributed by atoms with Gasteiger partial charge >= 0.3 is 0 Å². The number of likely N-dealkylation sites (tertiary alicyclic amines) is 1. The van der Waals surface area contributed by atoms with Crippen molar-refractivity contribution in [2.45, 2.75) is 31.4 Å². The average molecular weight is 380 g/mol. The molecule has 0 aliphatic carbocycles. The number of benzene rings is 1. The molecule has 0 atom stereocenters. The number of nitrogens with two attached hydrogens (primary N) is 1. The number of nitrogens with zero attached hydrogens (tertiary/aromatic N) is 4. The van der Waals surface area contributed by atoms with Crippen LogP contribution in [0.15, 0.2) is 42.7 Å². The summed E-state index contributed by atoms with van der Waals surface area (Å²) in [7, 11) is 2.09. The summed E-state index contributed by atoms with van der Waals surface area (Å²) in [6.07, 6.45) is 6.29. The lowest BCUT2D eigenvalue weighted by molar-refractivity contribution is -0.0203. The van der Waals surface area contributed by atoms with Crippen molar-refractivity contribution in [1.82, 2.24) is 19.4 Å². The highest BCUT2D eigenvalue weighted by Gasteiger charge is 2.32. The van der Waals surface area contributed by atoms with Gasteiger partial charge in [-0.25, -0.2) is 4.98 Å². The molecule has 3 heterocycles. The molecular formula is C21H28N6O. The largest absolute Gasteiger partial charge is 0.385 e. The Morgan fingerprint density at radius 3 is 2.64 bits per heavy atom. The van der Waals surface area contributed by atoms with Gasteiger partial charge in [-0.1, -0.05) is 12.1 Å². The Kier molecular flexibility index (Phi) is 5.30. The van der Waals surface area contributed by atoms with Crippen LogP contribution in [0.2, 0.25) is 0 Å². The fourth-order valence-corrected chi connectivity index (χ4v) is 3.74. The Hall–Kier alpha value is -2.48. The molecule has 0 radical (unpaired) electrons.